The van der Waals surface area contributed by atoms with Gasteiger partial charge in [0, 0.05) is 12.5 Å². The van der Waals surface area contributed by atoms with Gasteiger partial charge in [0.25, 0.3) is 0 Å². The Morgan fingerprint density at radius 2 is 1.77 bits per heavy atom. The quantitative estimate of drug-likeness (QED) is 0.724. The molecule has 1 aromatic rings. The highest BCUT2D eigenvalue weighted by Crippen LogP contribution is 2.29. The van der Waals surface area contributed by atoms with Crippen molar-refractivity contribution in [2.75, 3.05) is 0 Å². The lowest BCUT2D eigenvalue weighted by Gasteiger charge is -2.11. The van der Waals surface area contributed by atoms with Crippen LogP contribution in [-0.2, 0) is 5.92 Å². The molecule has 0 radical (unpaired) electrons. The van der Waals surface area contributed by atoms with Gasteiger partial charge in [0.05, 0.1) is 0 Å². The molecule has 0 unspecified atom stereocenters. The molecule has 72 valence electrons. The van der Waals surface area contributed by atoms with Crippen LogP contribution < -0.4 is 0 Å². The van der Waals surface area contributed by atoms with Gasteiger partial charge in [-0.15, -0.1) is 0 Å². The van der Waals surface area contributed by atoms with Crippen LogP contribution >= 0.6 is 23.2 Å². The predicted octanol–water partition coefficient (Wildman–Crippen LogP) is 3.29. The number of rotatable bonds is 2. The van der Waals surface area contributed by atoms with E-state index in [0.29, 0.717) is 0 Å². The molecule has 0 fully saturated rings. The molecule has 0 aliphatic rings. The first kappa shape index (κ1) is 10.6. The lowest BCUT2D eigenvalue weighted by atomic mass is 10.2. The van der Waals surface area contributed by atoms with E-state index in [1.165, 1.54) is 13.0 Å². The molecule has 0 atom stereocenters. The van der Waals surface area contributed by atoms with Gasteiger partial charge in [-0.2, -0.15) is 8.78 Å². The first-order valence-electron chi connectivity index (χ1n) is 3.54. The van der Waals surface area contributed by atoms with Crippen LogP contribution in [0.3, 0.4) is 0 Å². The fourth-order valence-electron chi connectivity index (χ4n) is 0.712. The fourth-order valence-corrected chi connectivity index (χ4v) is 1.13. The Morgan fingerprint density at radius 1 is 1.31 bits per heavy atom. The van der Waals surface area contributed by atoms with Gasteiger partial charge in [-0.1, -0.05) is 30.1 Å². The van der Waals surface area contributed by atoms with Gasteiger partial charge in [-0.05, 0) is 0 Å². The third-order valence-corrected chi connectivity index (χ3v) is 1.82. The van der Waals surface area contributed by atoms with Crippen molar-refractivity contribution < 1.29 is 8.78 Å². The van der Waals surface area contributed by atoms with Gasteiger partial charge in [-0.25, -0.2) is 9.97 Å². The first-order valence-corrected chi connectivity index (χ1v) is 4.29. The third-order valence-electron chi connectivity index (χ3n) is 1.43. The third kappa shape index (κ3) is 2.48. The molecule has 2 nitrogen and oxygen atoms in total. The van der Waals surface area contributed by atoms with Crippen molar-refractivity contribution >= 4 is 23.2 Å². The van der Waals surface area contributed by atoms with Gasteiger partial charge in [-0.3, -0.25) is 0 Å². The van der Waals surface area contributed by atoms with E-state index >= 15 is 0 Å². The second-order valence-electron chi connectivity index (χ2n) is 2.40. The number of hydrogen-bond donors (Lipinski definition) is 0. The van der Waals surface area contributed by atoms with Crippen molar-refractivity contribution in [3.8, 4) is 0 Å². The molecule has 0 saturated heterocycles. The fraction of sp³-hybridized carbons (Fsp3) is 0.429. The molecule has 0 aromatic carbocycles. The van der Waals surface area contributed by atoms with Gasteiger partial charge < -0.3 is 0 Å². The van der Waals surface area contributed by atoms with Crippen LogP contribution in [0.1, 0.15) is 19.2 Å². The molecule has 6 heteroatoms. The Balaban J connectivity index is 3.15. The number of aromatic nitrogens is 2. The maximum Gasteiger partial charge on any atom is 0.306 e. The van der Waals surface area contributed by atoms with Crippen LogP contribution in [-0.4, -0.2) is 9.97 Å². The van der Waals surface area contributed by atoms with Gasteiger partial charge >= 0.3 is 5.92 Å². The number of alkyl halides is 2. The Hall–Kier alpha value is -0.480. The smallest absolute Gasteiger partial charge is 0.215 e. The Kier molecular flexibility index (Phi) is 3.03. The van der Waals surface area contributed by atoms with Crippen LogP contribution in [0.5, 0.6) is 0 Å². The molecule has 0 N–H and O–H groups in total. The molecule has 1 aromatic heterocycles. The minimum absolute atomic E-state index is 0.0804. The Bertz CT molecular complexity index is 297. The Labute approximate surface area is 83.9 Å². The summed E-state index contributed by atoms with van der Waals surface area (Å²) in [4.78, 5) is 6.79. The summed E-state index contributed by atoms with van der Waals surface area (Å²) < 4.78 is 26.0. The van der Waals surface area contributed by atoms with E-state index in [0.717, 1.165) is 0 Å². The molecule has 13 heavy (non-hydrogen) atoms. The molecular weight excluding hydrogens is 221 g/mol. The average Bonchev–Trinajstić information content (AvgIpc) is 2.02. The Morgan fingerprint density at radius 3 is 2.15 bits per heavy atom. The molecule has 0 aliphatic heterocycles. The van der Waals surface area contributed by atoms with Crippen LogP contribution in [0.15, 0.2) is 6.07 Å². The van der Waals surface area contributed by atoms with Crippen LogP contribution in [0.2, 0.25) is 10.3 Å². The summed E-state index contributed by atoms with van der Waals surface area (Å²) in [7, 11) is 0. The highest BCUT2D eigenvalue weighted by Gasteiger charge is 2.33. The second-order valence-corrected chi connectivity index (χ2v) is 3.17. The average molecular weight is 227 g/mol. The predicted molar refractivity (Wildman–Crippen MR) is 46.2 cm³/mol. The summed E-state index contributed by atoms with van der Waals surface area (Å²) in [5.74, 6) is -3.71. The highest BCUT2D eigenvalue weighted by molar-refractivity contribution is 6.33. The van der Waals surface area contributed by atoms with Crippen molar-refractivity contribution in [3.05, 3.63) is 22.2 Å². The summed E-state index contributed by atoms with van der Waals surface area (Å²) in [6, 6.07) is 1.21. The molecule has 1 rings (SSSR count). The van der Waals surface area contributed by atoms with Crippen LogP contribution in [0, 0.1) is 0 Å². The SMILES string of the molecule is CCC(F)(F)c1nc(Cl)cc(Cl)n1. The van der Waals surface area contributed by atoms with E-state index in [1.54, 1.807) is 0 Å². The molecule has 0 bridgehead atoms. The zero-order valence-electron chi connectivity index (χ0n) is 6.69. The lowest BCUT2D eigenvalue weighted by molar-refractivity contribution is -0.0175. The zero-order valence-corrected chi connectivity index (χ0v) is 8.20. The molecule has 0 aliphatic carbocycles. The number of halogens is 4. The summed E-state index contributed by atoms with van der Waals surface area (Å²) in [5, 5.41) is -0.161. The largest absolute Gasteiger partial charge is 0.306 e. The second kappa shape index (κ2) is 3.72. The molecule has 0 saturated carbocycles. The van der Waals surface area contributed by atoms with Crippen LogP contribution in [0.25, 0.3) is 0 Å². The maximum atomic E-state index is 13.0. The highest BCUT2D eigenvalue weighted by atomic mass is 35.5. The lowest BCUT2D eigenvalue weighted by Crippen LogP contribution is -2.16. The van der Waals surface area contributed by atoms with Crippen molar-refractivity contribution in [1.29, 1.82) is 0 Å². The van der Waals surface area contributed by atoms with E-state index in [2.05, 4.69) is 9.97 Å². The van der Waals surface area contributed by atoms with Crippen molar-refractivity contribution in [2.45, 2.75) is 19.3 Å². The van der Waals surface area contributed by atoms with Gasteiger partial charge in [0.1, 0.15) is 10.3 Å². The first-order chi connectivity index (χ1) is 5.95. The monoisotopic (exact) mass is 226 g/mol. The van der Waals surface area contributed by atoms with Crippen molar-refractivity contribution in [2.24, 2.45) is 0 Å². The van der Waals surface area contributed by atoms with Crippen LogP contribution in [0.4, 0.5) is 8.78 Å². The summed E-state index contributed by atoms with van der Waals surface area (Å²) in [5.41, 5.74) is 0. The van der Waals surface area contributed by atoms with E-state index < -0.39 is 11.7 Å². The number of hydrogen-bond acceptors (Lipinski definition) is 2. The standard InChI is InChI=1S/C7H6Cl2F2N2/c1-2-7(10,11)6-12-4(8)3-5(9)13-6/h3H,2H2,1H3. The summed E-state index contributed by atoms with van der Waals surface area (Å²) in [6.45, 7) is 1.33. The molecule has 1 heterocycles. The minimum Gasteiger partial charge on any atom is -0.215 e. The van der Waals surface area contributed by atoms with E-state index in [-0.39, 0.29) is 16.7 Å². The van der Waals surface area contributed by atoms with E-state index in [4.69, 9.17) is 23.2 Å². The minimum atomic E-state index is -3.07. The van der Waals surface area contributed by atoms with E-state index in [9.17, 15) is 8.78 Å². The normalized spacial score (nSPS) is 11.8. The zero-order chi connectivity index (χ0) is 10.1. The maximum absolute atomic E-state index is 13.0. The molecular formula is C7H6Cl2F2N2. The molecule has 0 spiro atoms. The van der Waals surface area contributed by atoms with Gasteiger partial charge in [0.2, 0.25) is 5.82 Å². The van der Waals surface area contributed by atoms with Crippen molar-refractivity contribution in [3.63, 3.8) is 0 Å². The number of nitrogens with zero attached hydrogens (tertiary/aromatic N) is 2. The van der Waals surface area contributed by atoms with Gasteiger partial charge in [0.15, 0.2) is 0 Å². The summed E-state index contributed by atoms with van der Waals surface area (Å²) >= 11 is 10.9. The summed E-state index contributed by atoms with van der Waals surface area (Å²) in [6.07, 6.45) is -0.385. The molecule has 0 amide bonds. The topological polar surface area (TPSA) is 25.8 Å². The van der Waals surface area contributed by atoms with Crippen molar-refractivity contribution in [1.82, 2.24) is 9.97 Å². The van der Waals surface area contributed by atoms with E-state index in [1.807, 2.05) is 0 Å².